The van der Waals surface area contributed by atoms with Gasteiger partial charge in [-0.25, -0.2) is 15.4 Å². The van der Waals surface area contributed by atoms with Crippen molar-refractivity contribution >= 4 is 23.5 Å². The molecule has 1 saturated carbocycles. The van der Waals surface area contributed by atoms with E-state index in [1.165, 1.54) is 0 Å². The molecule has 10 nitrogen and oxygen atoms in total. The van der Waals surface area contributed by atoms with Gasteiger partial charge in [-0.15, -0.1) is 0 Å². The van der Waals surface area contributed by atoms with Crippen molar-refractivity contribution < 1.29 is 18.8 Å². The highest BCUT2D eigenvalue weighted by molar-refractivity contribution is 5.92. The molecule has 1 aliphatic carbocycles. The van der Waals surface area contributed by atoms with Crippen LogP contribution in [0.2, 0.25) is 0 Å². The Kier molecular flexibility index (Phi) is 7.01. The Labute approximate surface area is 198 Å². The molecule has 11 heteroatoms. The summed E-state index contributed by atoms with van der Waals surface area (Å²) in [6.45, 7) is 7.25. The number of carbonyl (C=O) groups excluding carboxylic acids is 3. The average molecular weight is 476 g/mol. The van der Waals surface area contributed by atoms with Gasteiger partial charge in [0.2, 0.25) is 17.8 Å². The maximum absolute atomic E-state index is 13.8. The van der Waals surface area contributed by atoms with E-state index in [0.717, 1.165) is 38.1 Å². The number of hydrogen-bond acceptors (Lipinski definition) is 7. The van der Waals surface area contributed by atoms with Crippen LogP contribution >= 0.6 is 0 Å². The van der Waals surface area contributed by atoms with Gasteiger partial charge in [-0.1, -0.05) is 27.2 Å². The van der Waals surface area contributed by atoms with Gasteiger partial charge in [0.25, 0.3) is 5.91 Å². The Balaban J connectivity index is 1.49. The molecule has 4 N–H and O–H groups in total. The standard InChI is InChI=1S/C23H34FN7O3/c1-23(2,3)19(29-17-9-16(24)26-12-27-17)22(34)31-11-14-5-4-6-15(14)18(31)21(33)30-28-10-13-7-8-25-20(13)32/h9,12-15,18-19,28H,4-8,10-11H2,1-3H3,(H,25,32)(H,30,33)(H,26,27,29)/t13-,14-,15-,18-,19?/m0/s1. The number of halogens is 1. The summed E-state index contributed by atoms with van der Waals surface area (Å²) in [6, 6.07) is -0.164. The molecule has 1 unspecified atom stereocenters. The fraction of sp³-hybridized carbons (Fsp3) is 0.696. The third-order valence-corrected chi connectivity index (χ3v) is 7.20. The smallest absolute Gasteiger partial charge is 0.257 e. The molecule has 3 heterocycles. The van der Waals surface area contributed by atoms with Gasteiger partial charge >= 0.3 is 0 Å². The van der Waals surface area contributed by atoms with E-state index >= 15 is 0 Å². The quantitative estimate of drug-likeness (QED) is 0.340. The van der Waals surface area contributed by atoms with Gasteiger partial charge in [0.15, 0.2) is 0 Å². The lowest BCUT2D eigenvalue weighted by Crippen LogP contribution is -2.57. The summed E-state index contributed by atoms with van der Waals surface area (Å²) in [5.74, 6) is -0.766. The van der Waals surface area contributed by atoms with Gasteiger partial charge in [0.05, 0.1) is 5.92 Å². The van der Waals surface area contributed by atoms with E-state index in [9.17, 15) is 18.8 Å². The molecule has 2 saturated heterocycles. The molecule has 34 heavy (non-hydrogen) atoms. The topological polar surface area (TPSA) is 128 Å². The number of rotatable bonds is 7. The van der Waals surface area contributed by atoms with Crippen molar-refractivity contribution in [1.82, 2.24) is 31.0 Å². The fourth-order valence-electron chi connectivity index (χ4n) is 5.42. The molecule has 0 bridgehead atoms. The SMILES string of the molecule is CC(C)(C)C(Nc1cc(F)ncn1)C(=O)N1C[C@@H]2CCC[C@@H]2[C@H]1C(=O)NNC[C@@H]1CCNC1=O. The Morgan fingerprint density at radius 1 is 1.26 bits per heavy atom. The summed E-state index contributed by atoms with van der Waals surface area (Å²) in [4.78, 5) is 48.1. The molecule has 0 spiro atoms. The molecular formula is C23H34FN7O3. The Morgan fingerprint density at radius 3 is 2.74 bits per heavy atom. The van der Waals surface area contributed by atoms with Crippen LogP contribution in [0, 0.1) is 29.1 Å². The van der Waals surface area contributed by atoms with Gasteiger partial charge in [0, 0.05) is 25.7 Å². The Bertz CT molecular complexity index is 937. The van der Waals surface area contributed by atoms with Crippen LogP contribution in [-0.4, -0.2) is 64.3 Å². The number of anilines is 1. The summed E-state index contributed by atoms with van der Waals surface area (Å²) < 4.78 is 13.6. The maximum Gasteiger partial charge on any atom is 0.257 e. The van der Waals surface area contributed by atoms with Gasteiger partial charge in [-0.2, -0.15) is 4.39 Å². The van der Waals surface area contributed by atoms with E-state index in [0.29, 0.717) is 19.6 Å². The number of aromatic nitrogens is 2. The van der Waals surface area contributed by atoms with Crippen LogP contribution in [0.4, 0.5) is 10.2 Å². The van der Waals surface area contributed by atoms with E-state index in [-0.39, 0.29) is 41.3 Å². The van der Waals surface area contributed by atoms with Gasteiger partial charge in [0.1, 0.15) is 24.2 Å². The highest BCUT2D eigenvalue weighted by Crippen LogP contribution is 2.43. The number of nitrogens with one attached hydrogen (secondary N) is 4. The van der Waals surface area contributed by atoms with Crippen LogP contribution in [0.15, 0.2) is 12.4 Å². The Morgan fingerprint density at radius 2 is 2.06 bits per heavy atom. The molecule has 0 radical (unpaired) electrons. The molecule has 1 aromatic heterocycles. The zero-order valence-electron chi connectivity index (χ0n) is 19.9. The molecule has 5 atom stereocenters. The molecule has 3 fully saturated rings. The summed E-state index contributed by atoms with van der Waals surface area (Å²) in [5, 5.41) is 5.85. The van der Waals surface area contributed by atoms with Gasteiger partial charge in [-0.3, -0.25) is 19.8 Å². The summed E-state index contributed by atoms with van der Waals surface area (Å²) in [7, 11) is 0. The van der Waals surface area contributed by atoms with E-state index < -0.39 is 23.4 Å². The molecule has 0 aromatic carbocycles. The minimum Gasteiger partial charge on any atom is -0.358 e. The second-order valence-electron chi connectivity index (χ2n) is 10.6. The number of hydrazine groups is 1. The highest BCUT2D eigenvalue weighted by Gasteiger charge is 2.51. The van der Waals surface area contributed by atoms with Crippen molar-refractivity contribution in [1.29, 1.82) is 0 Å². The molecular weight excluding hydrogens is 441 g/mol. The average Bonchev–Trinajstić information content (AvgIpc) is 3.47. The normalized spacial score (nSPS) is 27.3. The van der Waals surface area contributed by atoms with Crippen molar-refractivity contribution in [2.24, 2.45) is 23.2 Å². The second-order valence-corrected chi connectivity index (χ2v) is 10.6. The number of nitrogens with zero attached hydrogens (tertiary/aromatic N) is 3. The first-order valence-electron chi connectivity index (χ1n) is 12.0. The van der Waals surface area contributed by atoms with Crippen molar-refractivity contribution in [2.75, 3.05) is 25.0 Å². The minimum absolute atomic E-state index is 0.0180. The summed E-state index contributed by atoms with van der Waals surface area (Å²) in [6.07, 6.45) is 4.75. The second kappa shape index (κ2) is 9.81. The van der Waals surface area contributed by atoms with Crippen LogP contribution in [0.1, 0.15) is 46.5 Å². The van der Waals surface area contributed by atoms with Crippen molar-refractivity contribution in [3.63, 3.8) is 0 Å². The first kappa shape index (κ1) is 24.3. The fourth-order valence-corrected chi connectivity index (χ4v) is 5.42. The third kappa shape index (κ3) is 5.13. The van der Waals surface area contributed by atoms with Crippen LogP contribution in [0.3, 0.4) is 0 Å². The minimum atomic E-state index is -0.717. The van der Waals surface area contributed by atoms with Crippen LogP contribution in [-0.2, 0) is 14.4 Å². The molecule has 3 aliphatic rings. The van der Waals surface area contributed by atoms with Gasteiger partial charge < -0.3 is 15.5 Å². The largest absolute Gasteiger partial charge is 0.358 e. The zero-order valence-corrected chi connectivity index (χ0v) is 19.9. The maximum atomic E-state index is 13.8. The lowest BCUT2D eigenvalue weighted by atomic mass is 9.85. The van der Waals surface area contributed by atoms with E-state index in [1.54, 1.807) is 4.90 Å². The first-order chi connectivity index (χ1) is 16.1. The molecule has 3 amide bonds. The predicted molar refractivity (Wildman–Crippen MR) is 122 cm³/mol. The van der Waals surface area contributed by atoms with E-state index in [2.05, 4.69) is 31.5 Å². The number of fused-ring (bicyclic) bond motifs is 1. The van der Waals surface area contributed by atoms with Crippen LogP contribution in [0.5, 0.6) is 0 Å². The summed E-state index contributed by atoms with van der Waals surface area (Å²) >= 11 is 0. The number of amides is 3. The summed E-state index contributed by atoms with van der Waals surface area (Å²) in [5.41, 5.74) is 5.14. The first-order valence-corrected chi connectivity index (χ1v) is 12.0. The lowest BCUT2D eigenvalue weighted by molar-refractivity contribution is -0.142. The van der Waals surface area contributed by atoms with E-state index in [4.69, 9.17) is 0 Å². The molecule has 2 aliphatic heterocycles. The van der Waals surface area contributed by atoms with Crippen LogP contribution < -0.4 is 21.5 Å². The number of hydrogen-bond donors (Lipinski definition) is 4. The molecule has 1 aromatic rings. The molecule has 186 valence electrons. The highest BCUT2D eigenvalue weighted by atomic mass is 19.1. The number of carbonyl (C=O) groups is 3. The van der Waals surface area contributed by atoms with Crippen molar-refractivity contribution in [3.8, 4) is 0 Å². The monoisotopic (exact) mass is 475 g/mol. The molecule has 4 rings (SSSR count). The number of likely N-dealkylation sites (tertiary alicyclic amines) is 1. The lowest BCUT2D eigenvalue weighted by Gasteiger charge is -2.36. The van der Waals surface area contributed by atoms with E-state index in [1.807, 2.05) is 20.8 Å². The predicted octanol–water partition coefficient (Wildman–Crippen LogP) is 0.826. The van der Waals surface area contributed by atoms with Gasteiger partial charge in [-0.05, 0) is 36.5 Å². The Hall–Kier alpha value is -2.82. The van der Waals surface area contributed by atoms with Crippen molar-refractivity contribution in [2.45, 2.75) is 58.5 Å². The van der Waals surface area contributed by atoms with Crippen LogP contribution in [0.25, 0.3) is 0 Å². The van der Waals surface area contributed by atoms with Crippen molar-refractivity contribution in [3.05, 3.63) is 18.3 Å². The third-order valence-electron chi connectivity index (χ3n) is 7.20. The zero-order chi connectivity index (χ0) is 24.5.